The molecule has 0 saturated carbocycles. The monoisotopic (exact) mass is 321 g/mol. The normalized spacial score (nSPS) is 14.7. The highest BCUT2D eigenvalue weighted by Gasteiger charge is 2.22. The van der Waals surface area contributed by atoms with Gasteiger partial charge in [0.1, 0.15) is 11.5 Å². The molecule has 2 heterocycles. The lowest BCUT2D eigenvalue weighted by molar-refractivity contribution is -0.138. The van der Waals surface area contributed by atoms with E-state index in [1.165, 1.54) is 6.92 Å². The number of nitrogens with one attached hydrogen (secondary N) is 1. The summed E-state index contributed by atoms with van der Waals surface area (Å²) in [5.74, 6) is 1.07. The number of hydrogen-bond acceptors (Lipinski definition) is 4. The molecule has 0 bridgehead atoms. The molecule has 1 fully saturated rings. The number of carbonyl (C=O) groups excluding carboxylic acids is 3. The first-order valence-electron chi connectivity index (χ1n) is 7.77. The summed E-state index contributed by atoms with van der Waals surface area (Å²) >= 11 is 0. The highest BCUT2D eigenvalue weighted by atomic mass is 16.3. The largest absolute Gasteiger partial charge is 0.466 e. The minimum Gasteiger partial charge on any atom is -0.466 e. The number of piperazine rings is 1. The van der Waals surface area contributed by atoms with Gasteiger partial charge in [0, 0.05) is 46.1 Å². The molecule has 1 aliphatic heterocycles. The van der Waals surface area contributed by atoms with E-state index in [1.807, 2.05) is 0 Å². The van der Waals surface area contributed by atoms with Crippen molar-refractivity contribution in [2.45, 2.75) is 27.2 Å². The van der Waals surface area contributed by atoms with Crippen LogP contribution in [0.15, 0.2) is 10.5 Å². The van der Waals surface area contributed by atoms with Crippen molar-refractivity contribution in [3.63, 3.8) is 0 Å². The minimum atomic E-state index is -0.228. The second-order valence-electron chi connectivity index (χ2n) is 5.72. The average molecular weight is 321 g/mol. The first-order valence-corrected chi connectivity index (χ1v) is 7.77. The number of furan rings is 1. The lowest BCUT2D eigenvalue weighted by Gasteiger charge is -2.34. The van der Waals surface area contributed by atoms with E-state index in [0.717, 1.165) is 0 Å². The first-order chi connectivity index (χ1) is 10.9. The van der Waals surface area contributed by atoms with Crippen LogP contribution in [-0.2, 0) is 9.59 Å². The van der Waals surface area contributed by atoms with Crippen molar-refractivity contribution in [2.24, 2.45) is 0 Å². The van der Waals surface area contributed by atoms with Crippen LogP contribution in [0.5, 0.6) is 0 Å². The molecule has 1 aromatic heterocycles. The summed E-state index contributed by atoms with van der Waals surface area (Å²) in [5, 5.41) is 2.74. The van der Waals surface area contributed by atoms with Gasteiger partial charge in [-0.25, -0.2) is 0 Å². The molecule has 1 saturated heterocycles. The maximum Gasteiger partial charge on any atom is 0.254 e. The van der Waals surface area contributed by atoms with Gasteiger partial charge in [0.05, 0.1) is 5.56 Å². The predicted molar refractivity (Wildman–Crippen MR) is 84.0 cm³/mol. The summed E-state index contributed by atoms with van der Waals surface area (Å²) in [6.07, 6.45) is 0.252. The van der Waals surface area contributed by atoms with Crippen LogP contribution in [0.25, 0.3) is 0 Å². The van der Waals surface area contributed by atoms with Gasteiger partial charge < -0.3 is 19.5 Å². The maximum absolute atomic E-state index is 12.1. The van der Waals surface area contributed by atoms with Crippen LogP contribution in [0.1, 0.15) is 35.2 Å². The number of rotatable bonds is 4. The number of hydrogen-bond donors (Lipinski definition) is 1. The van der Waals surface area contributed by atoms with Gasteiger partial charge in [-0.1, -0.05) is 0 Å². The Kier molecular flexibility index (Phi) is 5.41. The molecule has 23 heavy (non-hydrogen) atoms. The van der Waals surface area contributed by atoms with E-state index in [9.17, 15) is 14.4 Å². The molecule has 1 aliphatic rings. The molecular weight excluding hydrogens is 298 g/mol. The summed E-state index contributed by atoms with van der Waals surface area (Å²) in [7, 11) is 0. The van der Waals surface area contributed by atoms with Gasteiger partial charge in [-0.15, -0.1) is 0 Å². The van der Waals surface area contributed by atoms with E-state index in [2.05, 4.69) is 5.32 Å². The fourth-order valence-electron chi connectivity index (χ4n) is 2.66. The summed E-state index contributed by atoms with van der Waals surface area (Å²) in [6, 6.07) is 1.69. The quantitative estimate of drug-likeness (QED) is 0.885. The summed E-state index contributed by atoms with van der Waals surface area (Å²) < 4.78 is 5.32. The van der Waals surface area contributed by atoms with Crippen LogP contribution in [0.3, 0.4) is 0 Å². The topological polar surface area (TPSA) is 82.9 Å². The van der Waals surface area contributed by atoms with Crippen LogP contribution in [0.4, 0.5) is 0 Å². The molecule has 0 aliphatic carbocycles. The van der Waals surface area contributed by atoms with Gasteiger partial charge in [-0.2, -0.15) is 0 Å². The Bertz CT molecular complexity index is 600. The van der Waals surface area contributed by atoms with E-state index in [4.69, 9.17) is 4.42 Å². The Hall–Kier alpha value is -2.31. The first kappa shape index (κ1) is 17.1. The fraction of sp³-hybridized carbons (Fsp3) is 0.562. The number of carbonyl (C=O) groups is 3. The molecule has 0 unspecified atom stereocenters. The third-order valence-corrected chi connectivity index (χ3v) is 3.99. The highest BCUT2D eigenvalue weighted by Crippen LogP contribution is 2.13. The summed E-state index contributed by atoms with van der Waals surface area (Å²) in [5.41, 5.74) is 0.505. The van der Waals surface area contributed by atoms with Crippen molar-refractivity contribution in [3.05, 3.63) is 23.2 Å². The van der Waals surface area contributed by atoms with Crippen molar-refractivity contribution in [1.29, 1.82) is 0 Å². The van der Waals surface area contributed by atoms with Gasteiger partial charge >= 0.3 is 0 Å². The molecule has 7 nitrogen and oxygen atoms in total. The second kappa shape index (κ2) is 7.30. The van der Waals surface area contributed by atoms with Crippen LogP contribution in [0.2, 0.25) is 0 Å². The van der Waals surface area contributed by atoms with Crippen LogP contribution in [-0.4, -0.2) is 60.2 Å². The zero-order valence-electron chi connectivity index (χ0n) is 13.8. The molecule has 1 N–H and O–H groups in total. The number of amides is 3. The van der Waals surface area contributed by atoms with Crippen molar-refractivity contribution in [1.82, 2.24) is 15.1 Å². The Morgan fingerprint density at radius 2 is 1.74 bits per heavy atom. The van der Waals surface area contributed by atoms with E-state index in [1.54, 1.807) is 29.7 Å². The van der Waals surface area contributed by atoms with Crippen LogP contribution < -0.4 is 5.32 Å². The third-order valence-electron chi connectivity index (χ3n) is 3.99. The van der Waals surface area contributed by atoms with Gasteiger partial charge in [0.15, 0.2) is 0 Å². The Balaban J connectivity index is 1.74. The maximum atomic E-state index is 12.1. The molecule has 2 rings (SSSR count). The lowest BCUT2D eigenvalue weighted by Crippen LogP contribution is -2.50. The van der Waals surface area contributed by atoms with E-state index >= 15 is 0 Å². The average Bonchev–Trinajstić information content (AvgIpc) is 2.85. The Morgan fingerprint density at radius 1 is 1.13 bits per heavy atom. The molecular formula is C16H23N3O4. The SMILES string of the molecule is CC(=O)N1CCN(C(=O)CCNC(=O)c2cc(C)oc2C)CC1. The fourth-order valence-corrected chi connectivity index (χ4v) is 2.66. The minimum absolute atomic E-state index is 0.00593. The van der Waals surface area contributed by atoms with Crippen molar-refractivity contribution in [3.8, 4) is 0 Å². The molecule has 3 amide bonds. The summed E-state index contributed by atoms with van der Waals surface area (Å²) in [4.78, 5) is 38.9. The van der Waals surface area contributed by atoms with Crippen molar-refractivity contribution < 1.29 is 18.8 Å². The van der Waals surface area contributed by atoms with Gasteiger partial charge in [-0.3, -0.25) is 14.4 Å². The standard InChI is InChI=1S/C16H23N3O4/c1-11-10-14(12(2)23-11)16(22)17-5-4-15(21)19-8-6-18(7-9-19)13(3)20/h10H,4-9H2,1-3H3,(H,17,22). The molecule has 126 valence electrons. The van der Waals surface area contributed by atoms with Crippen LogP contribution >= 0.6 is 0 Å². The molecule has 1 aromatic rings. The molecule has 0 atom stereocenters. The molecule has 0 spiro atoms. The summed E-state index contributed by atoms with van der Waals surface area (Å²) in [6.45, 7) is 7.58. The van der Waals surface area contributed by atoms with Gasteiger partial charge in [0.25, 0.3) is 5.91 Å². The lowest BCUT2D eigenvalue weighted by atomic mass is 10.2. The number of aryl methyl sites for hydroxylation is 2. The number of nitrogens with zero attached hydrogens (tertiary/aromatic N) is 2. The van der Waals surface area contributed by atoms with Crippen molar-refractivity contribution >= 4 is 17.7 Å². The van der Waals surface area contributed by atoms with Gasteiger partial charge in [-0.05, 0) is 19.9 Å². The zero-order chi connectivity index (χ0) is 17.0. The zero-order valence-corrected chi connectivity index (χ0v) is 13.8. The second-order valence-corrected chi connectivity index (χ2v) is 5.72. The smallest absolute Gasteiger partial charge is 0.254 e. The van der Waals surface area contributed by atoms with Crippen LogP contribution in [0, 0.1) is 13.8 Å². The predicted octanol–water partition coefficient (Wildman–Crippen LogP) is 0.707. The highest BCUT2D eigenvalue weighted by molar-refractivity contribution is 5.95. The van der Waals surface area contributed by atoms with E-state index in [0.29, 0.717) is 43.3 Å². The van der Waals surface area contributed by atoms with E-state index in [-0.39, 0.29) is 30.7 Å². The van der Waals surface area contributed by atoms with Crippen molar-refractivity contribution in [2.75, 3.05) is 32.7 Å². The third kappa shape index (κ3) is 4.34. The van der Waals surface area contributed by atoms with Gasteiger partial charge in [0.2, 0.25) is 11.8 Å². The molecule has 0 radical (unpaired) electrons. The molecule has 0 aromatic carbocycles. The molecule has 7 heteroatoms. The van der Waals surface area contributed by atoms with E-state index < -0.39 is 0 Å². The Morgan fingerprint density at radius 3 is 2.26 bits per heavy atom. The Labute approximate surface area is 135 Å².